The number of ether oxygens (including phenoxy) is 2. The van der Waals surface area contributed by atoms with Gasteiger partial charge in [0.25, 0.3) is 5.91 Å². The Morgan fingerprint density at radius 1 is 1.14 bits per heavy atom. The molecule has 2 aromatic carbocycles. The molecule has 0 aliphatic heterocycles. The molecule has 0 saturated heterocycles. The topological polar surface area (TPSA) is 78.5 Å². The number of furan rings is 1. The van der Waals surface area contributed by atoms with Crippen LogP contribution in [-0.4, -0.2) is 22.8 Å². The molecule has 1 N–H and O–H groups in total. The number of carbonyl (C=O) groups is 1. The van der Waals surface area contributed by atoms with Crippen LogP contribution in [0.5, 0.6) is 11.5 Å². The fourth-order valence-corrected chi connectivity index (χ4v) is 4.30. The zero-order valence-corrected chi connectivity index (χ0v) is 22.8. The molecule has 0 bridgehead atoms. The quantitative estimate of drug-likeness (QED) is 0.255. The van der Waals surface area contributed by atoms with E-state index in [0.717, 1.165) is 39.6 Å². The second kappa shape index (κ2) is 11.1. The number of carbonyl (C=O) groups excluding carboxylic acids is 1. The van der Waals surface area contributed by atoms with E-state index in [-0.39, 0.29) is 24.2 Å². The summed E-state index contributed by atoms with van der Waals surface area (Å²) in [5.41, 5.74) is 5.26. The number of benzene rings is 2. The van der Waals surface area contributed by atoms with Gasteiger partial charge in [0, 0.05) is 5.02 Å². The first-order valence-corrected chi connectivity index (χ1v) is 12.5. The molecule has 194 valence electrons. The first-order chi connectivity index (χ1) is 17.7. The molecule has 0 spiro atoms. The first-order valence-electron chi connectivity index (χ1n) is 12.2. The Bertz CT molecular complexity index is 1420. The van der Waals surface area contributed by atoms with Crippen molar-refractivity contribution in [2.75, 3.05) is 12.4 Å². The van der Waals surface area contributed by atoms with Crippen LogP contribution in [0.25, 0.3) is 0 Å². The summed E-state index contributed by atoms with van der Waals surface area (Å²) < 4.78 is 19.0. The highest BCUT2D eigenvalue weighted by atomic mass is 35.5. The third-order valence-corrected chi connectivity index (χ3v) is 6.66. The Balaban J connectivity index is 1.44. The molecule has 2 aromatic heterocycles. The van der Waals surface area contributed by atoms with Crippen molar-refractivity contribution in [3.8, 4) is 11.5 Å². The van der Waals surface area contributed by atoms with Gasteiger partial charge in [-0.25, -0.2) is 0 Å². The van der Waals surface area contributed by atoms with E-state index in [2.05, 4.69) is 24.3 Å². The lowest BCUT2D eigenvalue weighted by molar-refractivity contribution is 0.0992. The second-order valence-electron chi connectivity index (χ2n) is 9.36. The molecule has 0 fully saturated rings. The molecular weight excluding hydrogens is 490 g/mol. The number of nitrogens with zero attached hydrogens (tertiary/aromatic N) is 2. The third-order valence-electron chi connectivity index (χ3n) is 6.25. The number of aromatic nitrogens is 2. The maximum atomic E-state index is 13.0. The molecular formula is C29H32ClN3O4. The Labute approximate surface area is 222 Å². The standard InChI is InChI=1S/C29H32ClN3O4/c1-17(2)24-14-25(30)18(3)12-27(24)36-16-23-10-11-26(37-23)29(34)31-28-19(4)32-33(20(28)5)15-21-8-7-9-22(13-21)35-6/h7-14,17H,15-16H2,1-6H3,(H,31,34). The average Bonchev–Trinajstić information content (AvgIpc) is 3.45. The zero-order valence-electron chi connectivity index (χ0n) is 22.0. The van der Waals surface area contributed by atoms with Gasteiger partial charge in [0.15, 0.2) is 5.76 Å². The van der Waals surface area contributed by atoms with Crippen LogP contribution in [0.1, 0.15) is 64.2 Å². The summed E-state index contributed by atoms with van der Waals surface area (Å²) in [6, 6.07) is 15.1. The molecule has 0 aliphatic rings. The van der Waals surface area contributed by atoms with Crippen molar-refractivity contribution in [2.45, 2.75) is 53.7 Å². The van der Waals surface area contributed by atoms with Crippen LogP contribution in [0.15, 0.2) is 52.9 Å². The minimum Gasteiger partial charge on any atom is -0.497 e. The normalized spacial score (nSPS) is 11.1. The van der Waals surface area contributed by atoms with Gasteiger partial charge in [-0.05, 0) is 79.8 Å². The van der Waals surface area contributed by atoms with E-state index in [9.17, 15) is 4.79 Å². The summed E-state index contributed by atoms with van der Waals surface area (Å²) >= 11 is 6.30. The maximum absolute atomic E-state index is 13.0. The third kappa shape index (κ3) is 6.00. The number of aryl methyl sites for hydroxylation is 2. The molecule has 7 nitrogen and oxygen atoms in total. The van der Waals surface area contributed by atoms with Crippen LogP contribution in [0.2, 0.25) is 5.02 Å². The van der Waals surface area contributed by atoms with Crippen molar-refractivity contribution in [1.82, 2.24) is 9.78 Å². The summed E-state index contributed by atoms with van der Waals surface area (Å²) in [7, 11) is 1.64. The van der Waals surface area contributed by atoms with Crippen molar-refractivity contribution < 1.29 is 18.7 Å². The molecule has 0 unspecified atom stereocenters. The minimum absolute atomic E-state index is 0.199. The maximum Gasteiger partial charge on any atom is 0.291 e. The lowest BCUT2D eigenvalue weighted by Crippen LogP contribution is -2.12. The van der Waals surface area contributed by atoms with E-state index in [4.69, 9.17) is 25.5 Å². The molecule has 0 atom stereocenters. The average molecular weight is 522 g/mol. The van der Waals surface area contributed by atoms with Gasteiger partial charge in [0.1, 0.15) is 23.9 Å². The summed E-state index contributed by atoms with van der Waals surface area (Å²) in [6.45, 7) is 10.7. The molecule has 4 rings (SSSR count). The highest BCUT2D eigenvalue weighted by Gasteiger charge is 2.19. The van der Waals surface area contributed by atoms with Crippen molar-refractivity contribution in [2.24, 2.45) is 0 Å². The number of rotatable bonds is 9. The number of amides is 1. The van der Waals surface area contributed by atoms with Gasteiger partial charge in [-0.2, -0.15) is 5.10 Å². The largest absolute Gasteiger partial charge is 0.497 e. The molecule has 2 heterocycles. The Morgan fingerprint density at radius 2 is 1.92 bits per heavy atom. The lowest BCUT2D eigenvalue weighted by Gasteiger charge is -2.15. The molecule has 0 radical (unpaired) electrons. The molecule has 37 heavy (non-hydrogen) atoms. The number of hydrogen-bond donors (Lipinski definition) is 1. The number of methoxy groups -OCH3 is 1. The van der Waals surface area contributed by atoms with Gasteiger partial charge >= 0.3 is 0 Å². The minimum atomic E-state index is -0.344. The van der Waals surface area contributed by atoms with E-state index < -0.39 is 0 Å². The Morgan fingerprint density at radius 3 is 2.65 bits per heavy atom. The van der Waals surface area contributed by atoms with Crippen molar-refractivity contribution in [1.29, 1.82) is 0 Å². The van der Waals surface area contributed by atoms with Crippen LogP contribution in [0, 0.1) is 20.8 Å². The molecule has 0 aliphatic carbocycles. The van der Waals surface area contributed by atoms with Crippen LogP contribution in [0.4, 0.5) is 5.69 Å². The smallest absolute Gasteiger partial charge is 0.291 e. The number of anilines is 1. The van der Waals surface area contributed by atoms with Gasteiger partial charge in [-0.1, -0.05) is 37.6 Å². The van der Waals surface area contributed by atoms with Crippen LogP contribution >= 0.6 is 11.6 Å². The summed E-state index contributed by atoms with van der Waals surface area (Å²) in [5, 5.41) is 8.28. The van der Waals surface area contributed by atoms with Crippen molar-refractivity contribution in [3.63, 3.8) is 0 Å². The van der Waals surface area contributed by atoms with E-state index in [0.29, 0.717) is 23.0 Å². The van der Waals surface area contributed by atoms with E-state index >= 15 is 0 Å². The van der Waals surface area contributed by atoms with Gasteiger partial charge in [0.05, 0.1) is 30.7 Å². The fraction of sp³-hybridized carbons (Fsp3) is 0.310. The predicted octanol–water partition coefficient (Wildman–Crippen LogP) is 7.07. The van der Waals surface area contributed by atoms with E-state index in [1.54, 1.807) is 19.2 Å². The highest BCUT2D eigenvalue weighted by Crippen LogP contribution is 2.32. The summed E-state index contributed by atoms with van der Waals surface area (Å²) in [6.07, 6.45) is 0. The lowest BCUT2D eigenvalue weighted by atomic mass is 10.0. The highest BCUT2D eigenvalue weighted by molar-refractivity contribution is 6.31. The van der Waals surface area contributed by atoms with Gasteiger partial charge < -0.3 is 19.2 Å². The van der Waals surface area contributed by atoms with E-state index in [1.165, 1.54) is 0 Å². The van der Waals surface area contributed by atoms with E-state index in [1.807, 2.05) is 61.9 Å². The Kier molecular flexibility index (Phi) is 7.93. The van der Waals surface area contributed by atoms with Gasteiger partial charge in [-0.15, -0.1) is 0 Å². The number of hydrogen-bond acceptors (Lipinski definition) is 5. The SMILES string of the molecule is COc1cccc(Cn2nc(C)c(NC(=O)c3ccc(COc4cc(C)c(Cl)cc4C(C)C)o3)c2C)c1. The number of nitrogens with one attached hydrogen (secondary N) is 1. The van der Waals surface area contributed by atoms with Crippen LogP contribution in [-0.2, 0) is 13.2 Å². The Hall–Kier alpha value is -3.71. The summed E-state index contributed by atoms with van der Waals surface area (Å²) in [5.74, 6) is 2.21. The summed E-state index contributed by atoms with van der Waals surface area (Å²) in [4.78, 5) is 13.0. The predicted molar refractivity (Wildman–Crippen MR) is 145 cm³/mol. The first kappa shape index (κ1) is 26.4. The fourth-order valence-electron chi connectivity index (χ4n) is 4.12. The van der Waals surface area contributed by atoms with Crippen molar-refractivity contribution >= 4 is 23.2 Å². The molecule has 0 saturated carbocycles. The van der Waals surface area contributed by atoms with Crippen LogP contribution in [0.3, 0.4) is 0 Å². The van der Waals surface area contributed by atoms with Gasteiger partial charge in [-0.3, -0.25) is 9.48 Å². The van der Waals surface area contributed by atoms with Crippen LogP contribution < -0.4 is 14.8 Å². The zero-order chi connectivity index (χ0) is 26.7. The number of halogens is 1. The molecule has 8 heteroatoms. The van der Waals surface area contributed by atoms with Gasteiger partial charge in [0.2, 0.25) is 0 Å². The monoisotopic (exact) mass is 521 g/mol. The second-order valence-corrected chi connectivity index (χ2v) is 9.76. The molecule has 4 aromatic rings. The van der Waals surface area contributed by atoms with Crippen molar-refractivity contribution in [3.05, 3.63) is 93.2 Å². The molecule has 1 amide bonds.